The molecule has 0 aliphatic rings. The van der Waals surface area contributed by atoms with Crippen LogP contribution < -0.4 is 4.80 Å². The third-order valence-corrected chi connectivity index (χ3v) is 7.73. The second-order valence-corrected chi connectivity index (χ2v) is 9.87. The number of thiazole rings is 1. The highest BCUT2D eigenvalue weighted by molar-refractivity contribution is 7.92. The molecule has 2 heterocycles. The lowest BCUT2D eigenvalue weighted by molar-refractivity contribution is 0.598. The van der Waals surface area contributed by atoms with E-state index in [-0.39, 0.29) is 4.21 Å². The molecule has 3 aromatic rings. The molecule has 8 heteroatoms. The smallest absolute Gasteiger partial charge is 0.294 e. The van der Waals surface area contributed by atoms with Gasteiger partial charge in [-0.15, -0.1) is 22.3 Å². The number of thiophene rings is 1. The van der Waals surface area contributed by atoms with Crippen LogP contribution >= 0.6 is 34.3 Å². The Bertz CT molecular complexity index is 1100. The van der Waals surface area contributed by atoms with Crippen LogP contribution in [0, 0.1) is 13.8 Å². The molecule has 0 fully saturated rings. The molecule has 0 radical (unpaired) electrons. The molecule has 0 aliphatic carbocycles. The van der Waals surface area contributed by atoms with Crippen molar-refractivity contribution in [2.75, 3.05) is 0 Å². The fraction of sp³-hybridized carbons (Fsp3) is 0.188. The van der Waals surface area contributed by atoms with Gasteiger partial charge in [-0.1, -0.05) is 29.0 Å². The molecule has 0 saturated carbocycles. The van der Waals surface area contributed by atoms with Gasteiger partial charge in [-0.05, 0) is 49.2 Å². The molecule has 1 aromatic carbocycles. The van der Waals surface area contributed by atoms with Gasteiger partial charge in [0.2, 0.25) is 4.80 Å². The van der Waals surface area contributed by atoms with Gasteiger partial charge in [0.25, 0.3) is 10.0 Å². The van der Waals surface area contributed by atoms with Gasteiger partial charge in [-0.2, -0.15) is 8.42 Å². The summed E-state index contributed by atoms with van der Waals surface area (Å²) in [6, 6.07) is 7.15. The molecular formula is C16H15ClN2O2S3. The van der Waals surface area contributed by atoms with Crippen molar-refractivity contribution in [2.24, 2.45) is 4.40 Å². The molecule has 0 amide bonds. The first kappa shape index (κ1) is 17.4. The second kappa shape index (κ2) is 6.48. The Morgan fingerprint density at radius 3 is 2.58 bits per heavy atom. The van der Waals surface area contributed by atoms with Crippen LogP contribution in [-0.4, -0.2) is 13.0 Å². The molecule has 0 aliphatic heterocycles. The first-order valence-electron chi connectivity index (χ1n) is 7.09. The molecule has 4 nitrogen and oxygen atoms in total. The first-order valence-corrected chi connectivity index (χ1v) is 10.5. The van der Waals surface area contributed by atoms with E-state index in [9.17, 15) is 8.42 Å². The number of benzene rings is 1. The van der Waals surface area contributed by atoms with Crippen LogP contribution in [0.4, 0.5) is 0 Å². The Labute approximate surface area is 153 Å². The van der Waals surface area contributed by atoms with Crippen LogP contribution in [0.3, 0.4) is 0 Å². The highest BCUT2D eigenvalue weighted by atomic mass is 35.5. The number of hydrogen-bond acceptors (Lipinski definition) is 4. The number of fused-ring (bicyclic) bond motifs is 1. The molecule has 3 rings (SSSR count). The Morgan fingerprint density at radius 1 is 1.25 bits per heavy atom. The normalized spacial score (nSPS) is 12.9. The lowest BCUT2D eigenvalue weighted by Gasteiger charge is -2.04. The van der Waals surface area contributed by atoms with Crippen molar-refractivity contribution in [2.45, 2.75) is 24.6 Å². The monoisotopic (exact) mass is 398 g/mol. The maximum absolute atomic E-state index is 12.5. The van der Waals surface area contributed by atoms with E-state index in [2.05, 4.69) is 23.1 Å². The molecule has 0 N–H and O–H groups in total. The molecule has 2 aromatic heterocycles. The maximum atomic E-state index is 12.5. The quantitative estimate of drug-likeness (QED) is 0.607. The predicted molar refractivity (Wildman–Crippen MR) is 102 cm³/mol. The van der Waals surface area contributed by atoms with Crippen LogP contribution in [0.1, 0.15) is 11.1 Å². The number of aromatic nitrogens is 1. The third-order valence-electron chi connectivity index (χ3n) is 3.61. The van der Waals surface area contributed by atoms with E-state index in [1.165, 1.54) is 17.4 Å². The summed E-state index contributed by atoms with van der Waals surface area (Å²) in [6.45, 7) is 8.32. The van der Waals surface area contributed by atoms with Crippen molar-refractivity contribution in [3.05, 3.63) is 57.2 Å². The minimum Gasteiger partial charge on any atom is -0.312 e. The van der Waals surface area contributed by atoms with Crippen LogP contribution in [0.5, 0.6) is 0 Å². The summed E-state index contributed by atoms with van der Waals surface area (Å²) in [5.74, 6) is 0. The van der Waals surface area contributed by atoms with E-state index in [1.807, 2.05) is 18.4 Å². The second-order valence-electron chi connectivity index (χ2n) is 5.31. The van der Waals surface area contributed by atoms with Crippen molar-refractivity contribution in [1.82, 2.24) is 4.57 Å². The van der Waals surface area contributed by atoms with Crippen LogP contribution in [0.15, 0.2) is 45.5 Å². The lowest BCUT2D eigenvalue weighted by Crippen LogP contribution is -2.16. The minimum atomic E-state index is -3.79. The van der Waals surface area contributed by atoms with Gasteiger partial charge >= 0.3 is 0 Å². The van der Waals surface area contributed by atoms with Crippen molar-refractivity contribution >= 4 is 54.5 Å². The van der Waals surface area contributed by atoms with Gasteiger partial charge in [0.1, 0.15) is 4.21 Å². The van der Waals surface area contributed by atoms with E-state index in [0.29, 0.717) is 15.7 Å². The summed E-state index contributed by atoms with van der Waals surface area (Å²) in [5, 5.41) is 0. The van der Waals surface area contributed by atoms with Gasteiger partial charge in [-0.3, -0.25) is 0 Å². The number of rotatable bonds is 4. The standard InChI is InChI=1S/C16H15ClN2O2S3/c1-4-7-19-12-8-10(2)11(3)9-13(12)22-16(19)18-24(20,21)15-6-5-14(17)23-15/h4-6,8-9H,1,7H2,2-3H3/b18-16-. The average Bonchev–Trinajstić information content (AvgIpc) is 3.06. The van der Waals surface area contributed by atoms with Crippen molar-refractivity contribution in [3.63, 3.8) is 0 Å². The van der Waals surface area contributed by atoms with E-state index in [1.54, 1.807) is 12.1 Å². The zero-order valence-corrected chi connectivity index (χ0v) is 16.3. The summed E-state index contributed by atoms with van der Waals surface area (Å²) < 4.78 is 32.5. The van der Waals surface area contributed by atoms with E-state index < -0.39 is 10.0 Å². The van der Waals surface area contributed by atoms with E-state index in [4.69, 9.17) is 11.6 Å². The maximum Gasteiger partial charge on any atom is 0.294 e. The number of halogens is 1. The molecular weight excluding hydrogens is 384 g/mol. The lowest BCUT2D eigenvalue weighted by atomic mass is 10.1. The largest absolute Gasteiger partial charge is 0.312 e. The molecule has 0 saturated heterocycles. The summed E-state index contributed by atoms with van der Waals surface area (Å²) in [7, 11) is -3.79. The van der Waals surface area contributed by atoms with Gasteiger partial charge in [0, 0.05) is 6.54 Å². The van der Waals surface area contributed by atoms with Crippen molar-refractivity contribution < 1.29 is 8.42 Å². The minimum absolute atomic E-state index is 0.141. The van der Waals surface area contributed by atoms with Crippen molar-refractivity contribution in [3.8, 4) is 0 Å². The Hall–Kier alpha value is -1.41. The Balaban J connectivity index is 2.28. The number of nitrogens with zero attached hydrogens (tertiary/aromatic N) is 2. The molecule has 0 unspecified atom stereocenters. The zero-order chi connectivity index (χ0) is 17.5. The van der Waals surface area contributed by atoms with Gasteiger partial charge in [-0.25, -0.2) is 0 Å². The predicted octanol–water partition coefficient (Wildman–Crippen LogP) is 4.51. The highest BCUT2D eigenvalue weighted by Gasteiger charge is 2.17. The third kappa shape index (κ3) is 3.21. The highest BCUT2D eigenvalue weighted by Crippen LogP contribution is 2.27. The van der Waals surface area contributed by atoms with Gasteiger partial charge in [0.05, 0.1) is 14.6 Å². The molecule has 0 bridgehead atoms. The Morgan fingerprint density at radius 2 is 1.96 bits per heavy atom. The van der Waals surface area contributed by atoms with Gasteiger partial charge in [0.15, 0.2) is 0 Å². The van der Waals surface area contributed by atoms with Crippen LogP contribution in [-0.2, 0) is 16.6 Å². The van der Waals surface area contributed by atoms with E-state index >= 15 is 0 Å². The van der Waals surface area contributed by atoms with Crippen LogP contribution in [0.25, 0.3) is 10.2 Å². The van der Waals surface area contributed by atoms with Crippen LogP contribution in [0.2, 0.25) is 4.34 Å². The molecule has 24 heavy (non-hydrogen) atoms. The summed E-state index contributed by atoms with van der Waals surface area (Å²) in [6.07, 6.45) is 1.73. The van der Waals surface area contributed by atoms with E-state index in [0.717, 1.165) is 32.7 Å². The molecule has 0 spiro atoms. The number of allylic oxidation sites excluding steroid dienone is 1. The van der Waals surface area contributed by atoms with Crippen molar-refractivity contribution in [1.29, 1.82) is 0 Å². The average molecular weight is 399 g/mol. The summed E-state index contributed by atoms with van der Waals surface area (Å²) in [5.41, 5.74) is 3.27. The fourth-order valence-corrected chi connectivity index (χ4v) is 6.06. The SMILES string of the molecule is C=CCn1/c(=N/S(=O)(=O)c2ccc(Cl)s2)sc2cc(C)c(C)cc21. The molecule has 0 atom stereocenters. The summed E-state index contributed by atoms with van der Waals surface area (Å²) in [4.78, 5) is 0.430. The fourth-order valence-electron chi connectivity index (χ4n) is 2.28. The zero-order valence-electron chi connectivity index (χ0n) is 13.1. The number of aryl methyl sites for hydroxylation is 2. The molecule has 126 valence electrons. The topological polar surface area (TPSA) is 51.4 Å². The van der Waals surface area contributed by atoms with Gasteiger partial charge < -0.3 is 4.57 Å². The Kier molecular flexibility index (Phi) is 4.70. The first-order chi connectivity index (χ1) is 11.3. The summed E-state index contributed by atoms with van der Waals surface area (Å²) >= 11 is 8.21. The number of hydrogen-bond donors (Lipinski definition) is 0. The number of sulfonamides is 1.